The highest BCUT2D eigenvalue weighted by Gasteiger charge is 2.40. The number of rotatable bonds is 4. The van der Waals surface area contributed by atoms with Crippen molar-refractivity contribution in [1.29, 1.82) is 0 Å². The summed E-state index contributed by atoms with van der Waals surface area (Å²) in [6.45, 7) is -1.25. The minimum Gasteiger partial charge on any atom is -0.488 e. The number of nitrogens with zero attached hydrogens (tertiary/aromatic N) is 1. The summed E-state index contributed by atoms with van der Waals surface area (Å²) in [5.41, 5.74) is 1.06. The molecule has 0 spiro atoms. The Morgan fingerprint density at radius 3 is 2.75 bits per heavy atom. The molecule has 2 heterocycles. The van der Waals surface area contributed by atoms with Gasteiger partial charge >= 0.3 is 6.18 Å². The van der Waals surface area contributed by atoms with Crippen molar-refractivity contribution in [2.75, 3.05) is 19.6 Å². The molecule has 2 amide bonds. The lowest BCUT2D eigenvalue weighted by atomic mass is 10.1. The molecule has 0 aliphatic carbocycles. The monoisotopic (exact) mass is 342 g/mol. The smallest absolute Gasteiger partial charge is 0.406 e. The molecule has 2 atom stereocenters. The van der Waals surface area contributed by atoms with E-state index in [0.717, 1.165) is 11.3 Å². The summed E-state index contributed by atoms with van der Waals surface area (Å²) in [6.07, 6.45) is -4.17. The van der Waals surface area contributed by atoms with Gasteiger partial charge in [-0.15, -0.1) is 0 Å². The minimum atomic E-state index is -4.45. The molecule has 130 valence electrons. The van der Waals surface area contributed by atoms with Gasteiger partial charge in [0.15, 0.2) is 0 Å². The van der Waals surface area contributed by atoms with Crippen molar-refractivity contribution >= 4 is 11.8 Å². The van der Waals surface area contributed by atoms with E-state index >= 15 is 0 Å². The van der Waals surface area contributed by atoms with Crippen LogP contribution >= 0.6 is 0 Å². The first-order chi connectivity index (χ1) is 11.3. The van der Waals surface area contributed by atoms with Crippen molar-refractivity contribution < 1.29 is 27.5 Å². The number of hydrogen-bond donors (Lipinski definition) is 1. The van der Waals surface area contributed by atoms with E-state index in [9.17, 15) is 22.8 Å². The quantitative estimate of drug-likeness (QED) is 0.903. The molecule has 5 nitrogen and oxygen atoms in total. The van der Waals surface area contributed by atoms with Crippen LogP contribution in [-0.4, -0.2) is 48.6 Å². The molecular weight excluding hydrogens is 325 g/mol. The lowest BCUT2D eigenvalue weighted by molar-refractivity contribution is -0.157. The fraction of sp³-hybridized carbons (Fsp3) is 0.500. The predicted molar refractivity (Wildman–Crippen MR) is 78.3 cm³/mol. The molecule has 1 saturated heterocycles. The molecule has 0 saturated carbocycles. The second-order valence-electron chi connectivity index (χ2n) is 6.09. The highest BCUT2D eigenvalue weighted by atomic mass is 19.4. The van der Waals surface area contributed by atoms with Crippen LogP contribution < -0.4 is 10.1 Å². The van der Waals surface area contributed by atoms with Gasteiger partial charge in [0.05, 0.1) is 12.5 Å². The lowest BCUT2D eigenvalue weighted by Gasteiger charge is -2.18. The number of para-hydroxylation sites is 1. The molecule has 2 aliphatic heterocycles. The van der Waals surface area contributed by atoms with E-state index < -0.39 is 30.5 Å². The molecule has 24 heavy (non-hydrogen) atoms. The summed E-state index contributed by atoms with van der Waals surface area (Å²) >= 11 is 0. The van der Waals surface area contributed by atoms with Gasteiger partial charge in [-0.2, -0.15) is 13.2 Å². The summed E-state index contributed by atoms with van der Waals surface area (Å²) in [7, 11) is 0. The molecule has 0 bridgehead atoms. The van der Waals surface area contributed by atoms with E-state index in [1.165, 1.54) is 0 Å². The third-order valence-corrected chi connectivity index (χ3v) is 4.17. The van der Waals surface area contributed by atoms with Gasteiger partial charge in [-0.3, -0.25) is 9.59 Å². The Morgan fingerprint density at radius 1 is 1.29 bits per heavy atom. The van der Waals surface area contributed by atoms with Crippen LogP contribution in [0.1, 0.15) is 12.0 Å². The van der Waals surface area contributed by atoms with Gasteiger partial charge in [0, 0.05) is 19.4 Å². The summed E-state index contributed by atoms with van der Waals surface area (Å²) in [6, 6.07) is 7.56. The van der Waals surface area contributed by atoms with E-state index in [0.29, 0.717) is 11.3 Å². The fourth-order valence-electron chi connectivity index (χ4n) is 3.04. The number of amides is 2. The lowest BCUT2D eigenvalue weighted by Crippen LogP contribution is -2.40. The molecule has 0 aromatic heterocycles. The highest BCUT2D eigenvalue weighted by molar-refractivity contribution is 5.89. The molecular formula is C16H17F3N2O3. The van der Waals surface area contributed by atoms with Crippen LogP contribution in [0.2, 0.25) is 0 Å². The van der Waals surface area contributed by atoms with Gasteiger partial charge < -0.3 is 15.0 Å². The van der Waals surface area contributed by atoms with Gasteiger partial charge in [0.2, 0.25) is 11.8 Å². The minimum absolute atomic E-state index is 0.187. The molecule has 0 radical (unpaired) electrons. The molecule has 2 aliphatic rings. The second-order valence-corrected chi connectivity index (χ2v) is 6.09. The SMILES string of the molecule is O=C(NCC1Cc2ccccc2O1)C1CC(=O)N(CC(F)(F)F)C1. The van der Waals surface area contributed by atoms with Crippen LogP contribution in [0.25, 0.3) is 0 Å². The zero-order valence-corrected chi connectivity index (χ0v) is 12.8. The Labute approximate surface area is 136 Å². The van der Waals surface area contributed by atoms with Crippen molar-refractivity contribution in [3.63, 3.8) is 0 Å². The van der Waals surface area contributed by atoms with E-state index in [4.69, 9.17) is 4.74 Å². The maximum atomic E-state index is 12.4. The number of nitrogens with one attached hydrogen (secondary N) is 1. The van der Waals surface area contributed by atoms with E-state index in [-0.39, 0.29) is 25.6 Å². The Kier molecular flexibility index (Phi) is 4.38. The average molecular weight is 342 g/mol. The first-order valence-corrected chi connectivity index (χ1v) is 7.68. The molecule has 1 aromatic carbocycles. The van der Waals surface area contributed by atoms with Gasteiger partial charge in [0.25, 0.3) is 0 Å². The molecule has 1 fully saturated rings. The van der Waals surface area contributed by atoms with Gasteiger partial charge in [-0.25, -0.2) is 0 Å². The number of alkyl halides is 3. The summed E-state index contributed by atoms with van der Waals surface area (Å²) in [5.74, 6) is -1.02. The number of benzene rings is 1. The zero-order valence-electron chi connectivity index (χ0n) is 12.8. The molecule has 8 heteroatoms. The van der Waals surface area contributed by atoms with Crippen LogP contribution in [0.15, 0.2) is 24.3 Å². The number of halogens is 3. The number of likely N-dealkylation sites (tertiary alicyclic amines) is 1. The highest BCUT2D eigenvalue weighted by Crippen LogP contribution is 2.28. The fourth-order valence-corrected chi connectivity index (χ4v) is 3.04. The van der Waals surface area contributed by atoms with Crippen molar-refractivity contribution in [2.24, 2.45) is 5.92 Å². The normalized spacial score (nSPS) is 23.1. The standard InChI is InChI=1S/C16H17F3N2O3/c17-16(18,19)9-21-8-11(6-14(21)22)15(23)20-7-12-5-10-3-1-2-4-13(10)24-12/h1-4,11-12H,5-9H2,(H,20,23). The Hall–Kier alpha value is -2.25. The number of carbonyl (C=O) groups is 2. The van der Waals surface area contributed by atoms with Gasteiger partial charge in [-0.1, -0.05) is 18.2 Å². The second kappa shape index (κ2) is 6.33. The first kappa shape index (κ1) is 16.6. The Bertz CT molecular complexity index is 623. The number of fused-ring (bicyclic) bond motifs is 1. The maximum Gasteiger partial charge on any atom is 0.406 e. The zero-order chi connectivity index (χ0) is 17.3. The third-order valence-electron chi connectivity index (χ3n) is 4.17. The predicted octanol–water partition coefficient (Wildman–Crippen LogP) is 1.52. The average Bonchev–Trinajstić information content (AvgIpc) is 3.07. The largest absolute Gasteiger partial charge is 0.488 e. The molecule has 3 rings (SSSR count). The number of ether oxygens (including phenoxy) is 1. The molecule has 1 N–H and O–H groups in total. The van der Waals surface area contributed by atoms with Crippen molar-refractivity contribution in [3.8, 4) is 5.75 Å². The van der Waals surface area contributed by atoms with Crippen LogP contribution in [0.5, 0.6) is 5.75 Å². The van der Waals surface area contributed by atoms with Crippen molar-refractivity contribution in [3.05, 3.63) is 29.8 Å². The molecule has 1 aromatic rings. The third kappa shape index (κ3) is 3.80. The van der Waals surface area contributed by atoms with E-state index in [1.807, 2.05) is 24.3 Å². The Balaban J connectivity index is 1.47. The van der Waals surface area contributed by atoms with Crippen LogP contribution in [0.4, 0.5) is 13.2 Å². The summed E-state index contributed by atoms with van der Waals surface area (Å²) < 4.78 is 42.8. The maximum absolute atomic E-state index is 12.4. The summed E-state index contributed by atoms with van der Waals surface area (Å²) in [4.78, 5) is 24.4. The number of carbonyl (C=O) groups excluding carboxylic acids is 2. The van der Waals surface area contributed by atoms with Crippen LogP contribution in [0, 0.1) is 5.92 Å². The van der Waals surface area contributed by atoms with Gasteiger partial charge in [-0.05, 0) is 11.6 Å². The van der Waals surface area contributed by atoms with Crippen LogP contribution in [0.3, 0.4) is 0 Å². The van der Waals surface area contributed by atoms with Crippen molar-refractivity contribution in [2.45, 2.75) is 25.1 Å². The number of hydrogen-bond acceptors (Lipinski definition) is 3. The Morgan fingerprint density at radius 2 is 2.04 bits per heavy atom. The van der Waals surface area contributed by atoms with Crippen molar-refractivity contribution in [1.82, 2.24) is 10.2 Å². The van der Waals surface area contributed by atoms with E-state index in [1.54, 1.807) is 0 Å². The molecule has 2 unspecified atom stereocenters. The topological polar surface area (TPSA) is 58.6 Å². The van der Waals surface area contributed by atoms with E-state index in [2.05, 4.69) is 5.32 Å². The van der Waals surface area contributed by atoms with Gasteiger partial charge in [0.1, 0.15) is 18.4 Å². The summed E-state index contributed by atoms with van der Waals surface area (Å²) in [5, 5.41) is 2.68. The van der Waals surface area contributed by atoms with Crippen LogP contribution in [-0.2, 0) is 16.0 Å². The first-order valence-electron chi connectivity index (χ1n) is 7.68.